The van der Waals surface area contributed by atoms with E-state index in [0.29, 0.717) is 16.8 Å². The second kappa shape index (κ2) is 5.40. The van der Waals surface area contributed by atoms with Gasteiger partial charge in [-0.2, -0.15) is 8.78 Å². The number of hydrogen-bond acceptors (Lipinski definition) is 2. The van der Waals surface area contributed by atoms with Crippen LogP contribution in [0, 0.1) is 12.7 Å². The van der Waals surface area contributed by atoms with Crippen molar-refractivity contribution in [1.82, 2.24) is 4.98 Å². The van der Waals surface area contributed by atoms with Crippen LogP contribution in [0.1, 0.15) is 41.8 Å². The molecule has 2 nitrogen and oxygen atoms in total. The van der Waals surface area contributed by atoms with E-state index < -0.39 is 29.5 Å². The molecule has 0 N–H and O–H groups in total. The topological polar surface area (TPSA) is 25.2 Å². The Hall–Kier alpha value is -2.24. The molecular weight excluding hydrogens is 320 g/mol. The van der Waals surface area contributed by atoms with Gasteiger partial charge in [0.2, 0.25) is 0 Å². The van der Waals surface area contributed by atoms with Crippen LogP contribution in [-0.2, 0) is 12.6 Å². The molecule has 1 aliphatic rings. The van der Waals surface area contributed by atoms with Crippen LogP contribution in [0.15, 0.2) is 35.5 Å². The molecule has 126 valence electrons. The standard InChI is InChI=1S/C18H16F4N2/c1-10-11(8-19)7-12(9-23-10)16-13-5-4-6-14(20)15(13)18(21,22)17(2,3)24-16/h4-7,9H,8H2,1-3H3. The molecule has 0 unspecified atom stereocenters. The first-order valence-electron chi connectivity index (χ1n) is 7.48. The minimum atomic E-state index is -3.46. The quantitative estimate of drug-likeness (QED) is 0.729. The van der Waals surface area contributed by atoms with Gasteiger partial charge in [-0.25, -0.2) is 8.78 Å². The van der Waals surface area contributed by atoms with Gasteiger partial charge in [0, 0.05) is 28.6 Å². The van der Waals surface area contributed by atoms with Crippen LogP contribution in [0.3, 0.4) is 0 Å². The van der Waals surface area contributed by atoms with Crippen molar-refractivity contribution in [3.63, 3.8) is 0 Å². The van der Waals surface area contributed by atoms with Crippen molar-refractivity contribution in [3.05, 3.63) is 64.2 Å². The van der Waals surface area contributed by atoms with Gasteiger partial charge in [0.1, 0.15) is 18.0 Å². The summed E-state index contributed by atoms with van der Waals surface area (Å²) in [5, 5.41) is 0. The maximum atomic E-state index is 14.7. The van der Waals surface area contributed by atoms with E-state index in [0.717, 1.165) is 6.07 Å². The Labute approximate surface area is 137 Å². The number of fused-ring (bicyclic) bond motifs is 1. The molecule has 0 fully saturated rings. The predicted molar refractivity (Wildman–Crippen MR) is 83.8 cm³/mol. The first kappa shape index (κ1) is 16.6. The lowest BCUT2D eigenvalue weighted by Crippen LogP contribution is -2.45. The predicted octanol–water partition coefficient (Wildman–Crippen LogP) is 4.72. The number of alkyl halides is 3. The van der Waals surface area contributed by atoms with E-state index in [2.05, 4.69) is 9.98 Å². The molecule has 2 heterocycles. The summed E-state index contributed by atoms with van der Waals surface area (Å²) in [7, 11) is 0. The zero-order valence-electron chi connectivity index (χ0n) is 13.5. The fraction of sp³-hybridized carbons (Fsp3) is 0.333. The summed E-state index contributed by atoms with van der Waals surface area (Å²) in [6.45, 7) is 3.43. The number of hydrogen-bond donors (Lipinski definition) is 0. The van der Waals surface area contributed by atoms with Crippen molar-refractivity contribution in [3.8, 4) is 0 Å². The molecule has 1 aromatic carbocycles. The van der Waals surface area contributed by atoms with Crippen LogP contribution in [0.5, 0.6) is 0 Å². The molecule has 0 bridgehead atoms. The largest absolute Gasteiger partial charge is 0.300 e. The zero-order chi connectivity index (χ0) is 17.7. The van der Waals surface area contributed by atoms with E-state index in [4.69, 9.17) is 0 Å². The van der Waals surface area contributed by atoms with Crippen molar-refractivity contribution in [2.75, 3.05) is 0 Å². The number of pyridine rings is 1. The van der Waals surface area contributed by atoms with E-state index >= 15 is 0 Å². The summed E-state index contributed by atoms with van der Waals surface area (Å²) >= 11 is 0. The third-order valence-electron chi connectivity index (χ3n) is 4.35. The number of aryl methyl sites for hydroxylation is 1. The van der Waals surface area contributed by atoms with Crippen LogP contribution in [0.2, 0.25) is 0 Å². The van der Waals surface area contributed by atoms with E-state index in [1.165, 1.54) is 38.2 Å². The Morgan fingerprint density at radius 3 is 2.54 bits per heavy atom. The highest BCUT2D eigenvalue weighted by molar-refractivity contribution is 6.14. The van der Waals surface area contributed by atoms with Crippen LogP contribution >= 0.6 is 0 Å². The van der Waals surface area contributed by atoms with Gasteiger partial charge in [-0.3, -0.25) is 9.98 Å². The average Bonchev–Trinajstić information content (AvgIpc) is 2.51. The second-order valence-electron chi connectivity index (χ2n) is 6.36. The number of nitrogens with zero attached hydrogens (tertiary/aromatic N) is 2. The summed E-state index contributed by atoms with van der Waals surface area (Å²) in [5.74, 6) is -4.44. The van der Waals surface area contributed by atoms with E-state index in [1.54, 1.807) is 6.92 Å². The molecule has 0 amide bonds. The van der Waals surface area contributed by atoms with Crippen LogP contribution in [-0.4, -0.2) is 16.2 Å². The molecule has 6 heteroatoms. The molecule has 2 aromatic rings. The van der Waals surface area contributed by atoms with Crippen molar-refractivity contribution >= 4 is 5.71 Å². The number of halogens is 4. The zero-order valence-corrected chi connectivity index (χ0v) is 13.5. The molecule has 1 aromatic heterocycles. The molecular formula is C18H16F4N2. The van der Waals surface area contributed by atoms with Gasteiger partial charge in [-0.1, -0.05) is 12.1 Å². The maximum Gasteiger partial charge on any atom is 0.300 e. The monoisotopic (exact) mass is 336 g/mol. The molecule has 1 aliphatic heterocycles. The molecule has 0 saturated carbocycles. The van der Waals surface area contributed by atoms with Gasteiger partial charge >= 0.3 is 5.92 Å². The van der Waals surface area contributed by atoms with Crippen LogP contribution in [0.25, 0.3) is 0 Å². The first-order chi connectivity index (χ1) is 11.2. The van der Waals surface area contributed by atoms with Crippen LogP contribution in [0.4, 0.5) is 17.6 Å². The smallest absolute Gasteiger partial charge is 0.271 e. The SMILES string of the molecule is Cc1ncc(C2=NC(C)(C)C(F)(F)c3c(F)cccc32)cc1CF. The average molecular weight is 336 g/mol. The number of benzene rings is 1. The van der Waals surface area contributed by atoms with Crippen molar-refractivity contribution < 1.29 is 17.6 Å². The lowest BCUT2D eigenvalue weighted by molar-refractivity contribution is -0.0710. The Balaban J connectivity index is 2.30. The Bertz CT molecular complexity index is 841. The van der Waals surface area contributed by atoms with Gasteiger partial charge in [0.05, 0.1) is 11.3 Å². The summed E-state index contributed by atoms with van der Waals surface area (Å²) in [6, 6.07) is 5.28. The van der Waals surface area contributed by atoms with Crippen molar-refractivity contribution in [1.29, 1.82) is 0 Å². The molecule has 0 aliphatic carbocycles. The highest BCUT2D eigenvalue weighted by atomic mass is 19.3. The van der Waals surface area contributed by atoms with E-state index in [9.17, 15) is 17.6 Å². The first-order valence-corrected chi connectivity index (χ1v) is 7.48. The Morgan fingerprint density at radius 1 is 1.17 bits per heavy atom. The Morgan fingerprint density at radius 2 is 1.88 bits per heavy atom. The minimum Gasteiger partial charge on any atom is -0.271 e. The van der Waals surface area contributed by atoms with Gasteiger partial charge in [0.15, 0.2) is 0 Å². The Kier molecular flexibility index (Phi) is 3.73. The molecule has 0 atom stereocenters. The fourth-order valence-corrected chi connectivity index (χ4v) is 2.82. The second-order valence-corrected chi connectivity index (χ2v) is 6.36. The summed E-state index contributed by atoms with van der Waals surface area (Å²) < 4.78 is 56.7. The molecule has 3 rings (SSSR count). The fourth-order valence-electron chi connectivity index (χ4n) is 2.82. The van der Waals surface area contributed by atoms with Crippen LogP contribution < -0.4 is 0 Å². The third kappa shape index (κ3) is 2.32. The van der Waals surface area contributed by atoms with E-state index in [1.807, 2.05) is 0 Å². The highest BCUT2D eigenvalue weighted by Gasteiger charge is 2.54. The molecule has 24 heavy (non-hydrogen) atoms. The summed E-state index contributed by atoms with van der Waals surface area (Å²) in [6.07, 6.45) is 1.45. The van der Waals surface area contributed by atoms with Gasteiger partial charge in [-0.05, 0) is 32.9 Å². The van der Waals surface area contributed by atoms with Gasteiger partial charge < -0.3 is 0 Å². The molecule has 0 saturated heterocycles. The third-order valence-corrected chi connectivity index (χ3v) is 4.35. The molecule has 0 spiro atoms. The minimum absolute atomic E-state index is 0.00906. The number of aromatic nitrogens is 1. The lowest BCUT2D eigenvalue weighted by Gasteiger charge is -2.37. The number of aliphatic imine (C=N–C) groups is 1. The van der Waals surface area contributed by atoms with Crippen molar-refractivity contribution in [2.24, 2.45) is 4.99 Å². The highest BCUT2D eigenvalue weighted by Crippen LogP contribution is 2.47. The molecule has 0 radical (unpaired) electrons. The maximum absolute atomic E-state index is 14.7. The summed E-state index contributed by atoms with van der Waals surface area (Å²) in [4.78, 5) is 8.26. The lowest BCUT2D eigenvalue weighted by atomic mass is 9.81. The van der Waals surface area contributed by atoms with E-state index in [-0.39, 0.29) is 11.3 Å². The van der Waals surface area contributed by atoms with Gasteiger partial charge in [-0.15, -0.1) is 0 Å². The van der Waals surface area contributed by atoms with Gasteiger partial charge in [0.25, 0.3) is 0 Å². The summed E-state index contributed by atoms with van der Waals surface area (Å²) in [5.41, 5.74) is -1.05. The number of rotatable bonds is 2. The normalized spacial score (nSPS) is 18.0. The van der Waals surface area contributed by atoms with Crippen molar-refractivity contribution in [2.45, 2.75) is 38.9 Å².